The van der Waals surface area contributed by atoms with Crippen molar-refractivity contribution in [3.63, 3.8) is 0 Å². The summed E-state index contributed by atoms with van der Waals surface area (Å²) in [7, 11) is -3.14. The molecule has 0 bridgehead atoms. The number of carbonyl (C=O) groups is 2. The predicted octanol–water partition coefficient (Wildman–Crippen LogP) is 4.31. The highest BCUT2D eigenvalue weighted by molar-refractivity contribution is 8.73. The van der Waals surface area contributed by atoms with Gasteiger partial charge in [0.05, 0.1) is 4.58 Å². The Morgan fingerprint density at radius 1 is 1.03 bits per heavy atom. The Morgan fingerprint density at radius 3 is 2.24 bits per heavy atom. The normalized spacial score (nSPS) is 14.1. The molecule has 3 aromatic rings. The van der Waals surface area contributed by atoms with Gasteiger partial charge < -0.3 is 10.4 Å². The van der Waals surface area contributed by atoms with Gasteiger partial charge in [-0.2, -0.15) is 0 Å². The van der Waals surface area contributed by atoms with Crippen molar-refractivity contribution in [2.75, 3.05) is 6.26 Å². The maximum atomic E-state index is 13.0. The number of rotatable bonds is 12. The van der Waals surface area contributed by atoms with Crippen molar-refractivity contribution in [3.05, 3.63) is 94.2 Å². The quantitative estimate of drug-likeness (QED) is 0.234. The minimum atomic E-state index is -3.78. The lowest BCUT2D eigenvalue weighted by molar-refractivity contribution is -0.145. The minimum absolute atomic E-state index is 0.154. The highest BCUT2D eigenvalue weighted by atomic mass is 33.1. The van der Waals surface area contributed by atoms with E-state index in [0.29, 0.717) is 21.9 Å². The van der Waals surface area contributed by atoms with Crippen LogP contribution in [0.5, 0.6) is 0 Å². The van der Waals surface area contributed by atoms with E-state index in [4.69, 9.17) is 0 Å². The lowest BCUT2D eigenvalue weighted by atomic mass is 9.86. The number of carboxylic acids is 1. The average Bonchev–Trinajstić information content (AvgIpc) is 3.36. The van der Waals surface area contributed by atoms with Gasteiger partial charge in [-0.05, 0) is 46.2 Å². The van der Waals surface area contributed by atoms with E-state index in [-0.39, 0.29) is 13.0 Å². The number of nitrogens with one attached hydrogen (secondary N) is 2. The van der Waals surface area contributed by atoms with Crippen molar-refractivity contribution in [2.45, 2.75) is 23.1 Å². The van der Waals surface area contributed by atoms with Gasteiger partial charge >= 0.3 is 5.97 Å². The van der Waals surface area contributed by atoms with Gasteiger partial charge in [-0.25, -0.2) is 17.9 Å². The van der Waals surface area contributed by atoms with Crippen LogP contribution < -0.4 is 10.0 Å². The molecule has 1 heterocycles. The number of hydrogen-bond donors (Lipinski definition) is 3. The number of thioether (sulfide) groups is 1. The molecule has 34 heavy (non-hydrogen) atoms. The fourth-order valence-electron chi connectivity index (χ4n) is 3.24. The minimum Gasteiger partial charge on any atom is -0.479 e. The fourth-order valence-corrected chi connectivity index (χ4v) is 8.78. The van der Waals surface area contributed by atoms with Crippen LogP contribution in [0.4, 0.5) is 0 Å². The Labute approximate surface area is 210 Å². The van der Waals surface area contributed by atoms with Crippen LogP contribution in [-0.2, 0) is 25.9 Å². The molecule has 11 heteroatoms. The summed E-state index contributed by atoms with van der Waals surface area (Å²) >= 11 is 2.65. The van der Waals surface area contributed by atoms with E-state index in [1.54, 1.807) is 66.9 Å². The molecular weight excluding hydrogens is 513 g/mol. The summed E-state index contributed by atoms with van der Waals surface area (Å²) < 4.78 is 27.3. The Balaban J connectivity index is 1.88. The molecule has 0 aliphatic carbocycles. The van der Waals surface area contributed by atoms with Gasteiger partial charge in [0, 0.05) is 23.4 Å². The van der Waals surface area contributed by atoms with Crippen LogP contribution >= 0.6 is 33.9 Å². The summed E-state index contributed by atoms with van der Waals surface area (Å²) in [5, 5.41) is 14.9. The number of hydrogen-bond acceptors (Lipinski definition) is 7. The molecule has 0 saturated carbocycles. The molecule has 2 unspecified atom stereocenters. The van der Waals surface area contributed by atoms with Crippen molar-refractivity contribution < 1.29 is 23.1 Å². The topological polar surface area (TPSA) is 113 Å². The molecule has 0 saturated heterocycles. The summed E-state index contributed by atoms with van der Waals surface area (Å²) in [5.74, 6) is -1.83. The van der Waals surface area contributed by atoms with Gasteiger partial charge in [-0.15, -0.1) is 23.1 Å². The number of carbonyl (C=O) groups excluding carboxylic acids is 1. The average molecular weight is 537 g/mol. The van der Waals surface area contributed by atoms with Crippen LogP contribution in [0.3, 0.4) is 0 Å². The van der Waals surface area contributed by atoms with Gasteiger partial charge in [0.1, 0.15) is 0 Å². The number of carboxylic acid groups (broad SMARTS) is 1. The van der Waals surface area contributed by atoms with Crippen LogP contribution in [0, 0.1) is 0 Å². The van der Waals surface area contributed by atoms with E-state index >= 15 is 0 Å². The predicted molar refractivity (Wildman–Crippen MR) is 139 cm³/mol. The fraction of sp³-hybridized carbons (Fsp3) is 0.217. The molecule has 2 atom stereocenters. The monoisotopic (exact) mass is 536 g/mol. The van der Waals surface area contributed by atoms with Crippen LogP contribution in [-0.4, -0.2) is 36.2 Å². The second-order valence-corrected chi connectivity index (χ2v) is 13.4. The van der Waals surface area contributed by atoms with Crippen LogP contribution in [0.25, 0.3) is 0 Å². The molecule has 7 nitrogen and oxygen atoms in total. The van der Waals surface area contributed by atoms with Gasteiger partial charge in [-0.1, -0.05) is 54.6 Å². The molecule has 3 N–H and O–H groups in total. The van der Waals surface area contributed by atoms with E-state index in [0.717, 1.165) is 4.88 Å². The number of amides is 1. The van der Waals surface area contributed by atoms with Crippen LogP contribution in [0.2, 0.25) is 0 Å². The summed E-state index contributed by atoms with van der Waals surface area (Å²) in [4.78, 5) is 26.6. The SMILES string of the molecule is CSC(CC(NC(=O)c1ccccc1)(C(=O)O)c1ccccc1)SS(=O)(=O)NCc1cccs1. The third-order valence-corrected chi connectivity index (χ3v) is 10.7. The van der Waals surface area contributed by atoms with Gasteiger partial charge in [0.25, 0.3) is 15.0 Å². The molecule has 0 spiro atoms. The maximum absolute atomic E-state index is 13.0. The standard InChI is InChI=1S/C23H24N2O5S4/c1-31-20(33-34(29,30)24-16-19-13-8-14-32-19)15-23(22(27)28,18-11-6-3-7-12-18)25-21(26)17-9-4-2-5-10-17/h2-14,20,24H,15-16H2,1H3,(H,25,26)(H,27,28). The molecule has 1 aromatic heterocycles. The first-order valence-corrected chi connectivity index (χ1v) is 15.2. The summed E-state index contributed by atoms with van der Waals surface area (Å²) in [6.45, 7) is 0.154. The van der Waals surface area contributed by atoms with E-state index in [1.165, 1.54) is 23.1 Å². The zero-order valence-electron chi connectivity index (χ0n) is 18.2. The lowest BCUT2D eigenvalue weighted by Gasteiger charge is -2.33. The van der Waals surface area contributed by atoms with E-state index < -0.39 is 31.1 Å². The largest absolute Gasteiger partial charge is 0.479 e. The molecule has 1 amide bonds. The molecule has 0 radical (unpaired) electrons. The van der Waals surface area contributed by atoms with Crippen molar-refractivity contribution >= 4 is 54.8 Å². The summed E-state index contributed by atoms with van der Waals surface area (Å²) in [5.41, 5.74) is -1.17. The Morgan fingerprint density at radius 2 is 1.68 bits per heavy atom. The van der Waals surface area contributed by atoms with Crippen LogP contribution in [0.15, 0.2) is 78.2 Å². The summed E-state index contributed by atoms with van der Waals surface area (Å²) in [6, 6.07) is 20.3. The highest BCUT2D eigenvalue weighted by Crippen LogP contribution is 2.38. The summed E-state index contributed by atoms with van der Waals surface area (Å²) in [6.07, 6.45) is 1.56. The van der Waals surface area contributed by atoms with E-state index in [9.17, 15) is 23.1 Å². The second-order valence-electron chi connectivity index (χ2n) is 7.22. The zero-order valence-corrected chi connectivity index (χ0v) is 21.5. The lowest BCUT2D eigenvalue weighted by Crippen LogP contribution is -2.53. The molecule has 0 aliphatic rings. The number of benzene rings is 2. The molecule has 3 rings (SSSR count). The van der Waals surface area contributed by atoms with E-state index in [1.807, 2.05) is 17.5 Å². The molecular formula is C23H24N2O5S4. The third kappa shape index (κ3) is 6.86. The van der Waals surface area contributed by atoms with Crippen molar-refractivity contribution in [1.29, 1.82) is 0 Å². The number of aliphatic carboxylic acids is 1. The first-order chi connectivity index (χ1) is 16.3. The van der Waals surface area contributed by atoms with E-state index in [2.05, 4.69) is 10.0 Å². The third-order valence-electron chi connectivity index (χ3n) is 4.97. The maximum Gasteiger partial charge on any atom is 0.334 e. The van der Waals surface area contributed by atoms with Crippen molar-refractivity contribution in [1.82, 2.24) is 10.0 Å². The number of thiophene rings is 1. The van der Waals surface area contributed by atoms with Crippen LogP contribution in [0.1, 0.15) is 27.2 Å². The van der Waals surface area contributed by atoms with Gasteiger partial charge in [0.2, 0.25) is 0 Å². The Kier molecular flexibility index (Phi) is 9.20. The van der Waals surface area contributed by atoms with Crippen molar-refractivity contribution in [2.24, 2.45) is 0 Å². The molecule has 0 aliphatic heterocycles. The molecule has 2 aromatic carbocycles. The van der Waals surface area contributed by atoms with Gasteiger partial charge in [0.15, 0.2) is 5.54 Å². The Hall–Kier alpha value is -2.31. The van der Waals surface area contributed by atoms with Crippen molar-refractivity contribution in [3.8, 4) is 0 Å². The van der Waals surface area contributed by atoms with Gasteiger partial charge in [-0.3, -0.25) is 4.79 Å². The molecule has 0 fully saturated rings. The highest BCUT2D eigenvalue weighted by Gasteiger charge is 2.45. The molecule has 180 valence electrons. The first kappa shape index (κ1) is 26.3. The Bertz CT molecular complexity index is 1190. The zero-order chi connectivity index (χ0) is 24.6. The second kappa shape index (κ2) is 11.9. The smallest absolute Gasteiger partial charge is 0.334 e. The first-order valence-electron chi connectivity index (χ1n) is 10.2.